The van der Waals surface area contributed by atoms with Gasteiger partial charge in [-0.3, -0.25) is 4.98 Å². The van der Waals surface area contributed by atoms with Crippen molar-refractivity contribution in [2.75, 3.05) is 40.5 Å². The number of methoxy groups -OCH3 is 2. The van der Waals surface area contributed by atoms with Gasteiger partial charge in [0.05, 0.1) is 36.7 Å². The Morgan fingerprint density at radius 1 is 1.15 bits per heavy atom. The number of halogens is 2. The lowest BCUT2D eigenvalue weighted by atomic mass is 9.93. The fourth-order valence-corrected chi connectivity index (χ4v) is 5.02. The molecule has 2 aliphatic heterocycles. The molecule has 0 radical (unpaired) electrons. The zero-order valence-electron chi connectivity index (χ0n) is 23.1. The molecule has 2 aliphatic rings. The second kappa shape index (κ2) is 13.6. The molecule has 220 valence electrons. The Morgan fingerprint density at radius 3 is 2.63 bits per heavy atom. The van der Waals surface area contributed by atoms with Gasteiger partial charge in [-0.2, -0.15) is 0 Å². The fraction of sp³-hybridized carbons (Fsp3) is 0.429. The average molecular weight is 573 g/mol. The molecule has 13 heteroatoms. The molecule has 4 amide bonds. The van der Waals surface area contributed by atoms with E-state index in [1.165, 1.54) is 13.2 Å². The van der Waals surface area contributed by atoms with E-state index in [0.29, 0.717) is 6.54 Å². The van der Waals surface area contributed by atoms with Crippen molar-refractivity contribution in [3.63, 3.8) is 0 Å². The van der Waals surface area contributed by atoms with Crippen molar-refractivity contribution in [2.45, 2.75) is 37.9 Å². The van der Waals surface area contributed by atoms with E-state index in [-0.39, 0.29) is 42.1 Å². The minimum atomic E-state index is -1.39. The van der Waals surface area contributed by atoms with E-state index in [2.05, 4.69) is 26.3 Å². The summed E-state index contributed by atoms with van der Waals surface area (Å²) >= 11 is 0. The van der Waals surface area contributed by atoms with Gasteiger partial charge in [0, 0.05) is 32.4 Å². The third-order valence-corrected chi connectivity index (χ3v) is 7.03. The third-order valence-electron chi connectivity index (χ3n) is 7.03. The number of piperidine rings is 1. The van der Waals surface area contributed by atoms with Crippen LogP contribution in [0.1, 0.15) is 41.7 Å². The molecular formula is C28H34F2N6O5. The predicted molar refractivity (Wildman–Crippen MR) is 145 cm³/mol. The van der Waals surface area contributed by atoms with Crippen molar-refractivity contribution in [3.8, 4) is 0 Å². The number of carbonyl (C=O) groups is 3. The van der Waals surface area contributed by atoms with Crippen LogP contribution in [-0.2, 0) is 14.3 Å². The van der Waals surface area contributed by atoms with Gasteiger partial charge in [0.15, 0.2) is 11.6 Å². The molecule has 0 spiro atoms. The summed E-state index contributed by atoms with van der Waals surface area (Å²) in [5.41, 5.74) is 1.98. The normalized spacial score (nSPS) is 21.0. The molecule has 2 unspecified atom stereocenters. The first-order valence-corrected chi connectivity index (χ1v) is 13.3. The maximum Gasteiger partial charge on any atom is 0.338 e. The third kappa shape index (κ3) is 7.04. The number of amides is 4. The van der Waals surface area contributed by atoms with Crippen LogP contribution in [0.3, 0.4) is 0 Å². The number of benzene rings is 1. The molecule has 11 nitrogen and oxygen atoms in total. The number of nitrogens with one attached hydrogen (secondary N) is 4. The Bertz CT molecular complexity index is 1310. The number of ether oxygens (including phenoxy) is 2. The first-order chi connectivity index (χ1) is 19.7. The van der Waals surface area contributed by atoms with E-state index < -0.39 is 35.7 Å². The molecular weight excluding hydrogens is 538 g/mol. The molecule has 1 saturated heterocycles. The van der Waals surface area contributed by atoms with Crippen molar-refractivity contribution in [1.29, 1.82) is 0 Å². The van der Waals surface area contributed by atoms with E-state index in [9.17, 15) is 23.2 Å². The number of imide groups is 1. The maximum absolute atomic E-state index is 14.2. The van der Waals surface area contributed by atoms with Gasteiger partial charge in [-0.1, -0.05) is 12.1 Å². The smallest absolute Gasteiger partial charge is 0.338 e. The van der Waals surface area contributed by atoms with Gasteiger partial charge in [-0.25, -0.2) is 28.1 Å². The topological polar surface area (TPSA) is 134 Å². The number of aromatic nitrogens is 1. The van der Waals surface area contributed by atoms with Crippen molar-refractivity contribution in [2.24, 2.45) is 0 Å². The van der Waals surface area contributed by atoms with Gasteiger partial charge in [-0.15, -0.1) is 0 Å². The Kier molecular flexibility index (Phi) is 9.97. The molecule has 2 aromatic rings. The van der Waals surface area contributed by atoms with Crippen molar-refractivity contribution >= 4 is 18.0 Å². The molecule has 0 saturated carbocycles. The summed E-state index contributed by atoms with van der Waals surface area (Å²) in [6.07, 6.45) is 3.54. The van der Waals surface area contributed by atoms with E-state index in [1.54, 1.807) is 0 Å². The van der Waals surface area contributed by atoms with E-state index in [4.69, 9.17) is 9.47 Å². The van der Waals surface area contributed by atoms with Crippen LogP contribution in [0.4, 0.5) is 18.4 Å². The SMILES string of the molecule is COCC1=C(C(=O)OC)[C@H](c2ccc(F)c(F)c2)N(C(=O)NCCNC2CCNC(c3ccc(C)cn3)C2)C(=O)N1. The van der Waals surface area contributed by atoms with E-state index in [0.717, 1.165) is 54.8 Å². The highest BCUT2D eigenvalue weighted by Gasteiger charge is 2.43. The van der Waals surface area contributed by atoms with Crippen LogP contribution in [0.15, 0.2) is 47.8 Å². The summed E-state index contributed by atoms with van der Waals surface area (Å²) < 4.78 is 38.0. The monoisotopic (exact) mass is 572 g/mol. The summed E-state index contributed by atoms with van der Waals surface area (Å²) in [4.78, 5) is 44.5. The van der Waals surface area contributed by atoms with Crippen LogP contribution in [0.25, 0.3) is 0 Å². The number of nitrogens with zero attached hydrogens (tertiary/aromatic N) is 2. The Labute approximate surface area is 236 Å². The number of esters is 1. The minimum absolute atomic E-state index is 0.00601. The number of pyridine rings is 1. The molecule has 41 heavy (non-hydrogen) atoms. The molecule has 4 N–H and O–H groups in total. The van der Waals surface area contributed by atoms with Crippen molar-refractivity contribution < 1.29 is 32.6 Å². The summed E-state index contributed by atoms with van der Waals surface area (Å²) in [5, 5.41) is 12.1. The lowest BCUT2D eigenvalue weighted by Crippen LogP contribution is -2.56. The number of carbonyl (C=O) groups excluding carboxylic acids is 3. The number of urea groups is 2. The quantitative estimate of drug-likeness (QED) is 0.266. The van der Waals surface area contributed by atoms with Crippen LogP contribution < -0.4 is 21.3 Å². The molecule has 1 aromatic heterocycles. The molecule has 1 fully saturated rings. The molecule has 0 aliphatic carbocycles. The zero-order valence-corrected chi connectivity index (χ0v) is 23.1. The maximum atomic E-state index is 14.2. The Balaban J connectivity index is 1.46. The first kappa shape index (κ1) is 30.0. The highest BCUT2D eigenvalue weighted by Crippen LogP contribution is 2.35. The first-order valence-electron chi connectivity index (χ1n) is 13.3. The van der Waals surface area contributed by atoms with E-state index in [1.807, 2.05) is 25.3 Å². The summed E-state index contributed by atoms with van der Waals surface area (Å²) in [6, 6.07) is 4.14. The minimum Gasteiger partial charge on any atom is -0.466 e. The number of aryl methyl sites for hydroxylation is 1. The van der Waals surface area contributed by atoms with Gasteiger partial charge >= 0.3 is 18.0 Å². The summed E-state index contributed by atoms with van der Waals surface area (Å²) in [7, 11) is 2.49. The van der Waals surface area contributed by atoms with Gasteiger partial charge in [0.1, 0.15) is 6.04 Å². The number of rotatable bonds is 9. The molecule has 3 atom stereocenters. The highest BCUT2D eigenvalue weighted by atomic mass is 19.2. The standard InChI is InChI=1S/C28H34F2N6O5/c1-16-4-7-21(34-14-16)22-13-18(8-9-32-22)31-10-11-33-27(38)36-25(17-5-6-19(29)20(30)12-17)24(26(37)41-3)23(15-40-2)35-28(36)39/h4-7,12,14,18,22,25,31-32H,8-11,13,15H2,1-3H3,(H,33,38)(H,35,39)/t18?,22?,25-/m0/s1. The Hall–Kier alpha value is -3.94. The van der Waals surface area contributed by atoms with Crippen LogP contribution in [0, 0.1) is 18.6 Å². The molecule has 1 aromatic carbocycles. The Morgan fingerprint density at radius 2 is 1.95 bits per heavy atom. The predicted octanol–water partition coefficient (Wildman–Crippen LogP) is 2.60. The second-order valence-corrected chi connectivity index (χ2v) is 9.87. The van der Waals surface area contributed by atoms with Crippen molar-refractivity contribution in [1.82, 2.24) is 31.2 Å². The number of hydrogen-bond acceptors (Lipinski definition) is 8. The lowest BCUT2D eigenvalue weighted by Gasteiger charge is -2.36. The van der Waals surface area contributed by atoms with Crippen molar-refractivity contribution in [3.05, 3.63) is 76.3 Å². The van der Waals surface area contributed by atoms with Gasteiger partial charge in [0.2, 0.25) is 0 Å². The van der Waals surface area contributed by atoms with Crippen LogP contribution >= 0.6 is 0 Å². The van der Waals surface area contributed by atoms with Gasteiger partial charge < -0.3 is 30.7 Å². The van der Waals surface area contributed by atoms with Crippen LogP contribution in [-0.4, -0.2) is 74.4 Å². The summed E-state index contributed by atoms with van der Waals surface area (Å²) in [6.45, 7) is 3.17. The zero-order chi connectivity index (χ0) is 29.5. The second-order valence-electron chi connectivity index (χ2n) is 9.87. The van der Waals surface area contributed by atoms with Gasteiger partial charge in [0.25, 0.3) is 0 Å². The van der Waals surface area contributed by atoms with Crippen LogP contribution in [0.5, 0.6) is 0 Å². The van der Waals surface area contributed by atoms with Crippen LogP contribution in [0.2, 0.25) is 0 Å². The molecule has 4 rings (SSSR count). The van der Waals surface area contributed by atoms with E-state index >= 15 is 0 Å². The molecule has 0 bridgehead atoms. The largest absolute Gasteiger partial charge is 0.466 e. The number of hydrogen-bond donors (Lipinski definition) is 4. The lowest BCUT2D eigenvalue weighted by molar-refractivity contribution is -0.137. The average Bonchev–Trinajstić information content (AvgIpc) is 2.96. The highest BCUT2D eigenvalue weighted by molar-refractivity contribution is 6.01. The van der Waals surface area contributed by atoms with Gasteiger partial charge in [-0.05, 0) is 55.6 Å². The summed E-state index contributed by atoms with van der Waals surface area (Å²) in [5.74, 6) is -3.18. The fourth-order valence-electron chi connectivity index (χ4n) is 5.02. The molecule has 3 heterocycles.